The van der Waals surface area contributed by atoms with Gasteiger partial charge in [-0.3, -0.25) is 0 Å². The normalized spacial score (nSPS) is 29.1. The molecule has 0 spiro atoms. The third-order valence-electron chi connectivity index (χ3n) is 2.75. The van der Waals surface area contributed by atoms with Crippen LogP contribution in [0.15, 0.2) is 30.3 Å². The monoisotopic (exact) mass is 161 g/mol. The second-order valence-corrected chi connectivity index (χ2v) is 3.55. The standard InChI is InChI=1S/C11H15N/c1-9-11(7-8-12-9)10-5-3-2-4-6-10/h2-6,9,11-12H,7-8H2,1H3/t9-,11+/m0/s1. The molecule has 0 saturated carbocycles. The first-order chi connectivity index (χ1) is 5.88. The van der Waals surface area contributed by atoms with Crippen molar-refractivity contribution < 1.29 is 0 Å². The second-order valence-electron chi connectivity index (χ2n) is 3.55. The van der Waals surface area contributed by atoms with Gasteiger partial charge in [0.15, 0.2) is 0 Å². The number of hydrogen-bond acceptors (Lipinski definition) is 1. The highest BCUT2D eigenvalue weighted by molar-refractivity contribution is 5.22. The van der Waals surface area contributed by atoms with E-state index in [1.165, 1.54) is 18.5 Å². The molecule has 1 aromatic carbocycles. The Bertz CT molecular complexity index is 242. The number of nitrogens with one attached hydrogen (secondary N) is 1. The summed E-state index contributed by atoms with van der Waals surface area (Å²) >= 11 is 0. The van der Waals surface area contributed by atoms with Crippen LogP contribution in [0.1, 0.15) is 24.8 Å². The van der Waals surface area contributed by atoms with E-state index in [1.54, 1.807) is 0 Å². The van der Waals surface area contributed by atoms with Crippen molar-refractivity contribution in [2.75, 3.05) is 6.54 Å². The first kappa shape index (κ1) is 7.81. The predicted octanol–water partition coefficient (Wildman–Crippen LogP) is 2.15. The molecule has 1 saturated heterocycles. The van der Waals surface area contributed by atoms with Crippen molar-refractivity contribution in [2.45, 2.75) is 25.3 Å². The minimum atomic E-state index is 0.646. The molecule has 0 unspecified atom stereocenters. The molecule has 1 nitrogen and oxygen atoms in total. The van der Waals surface area contributed by atoms with Gasteiger partial charge in [-0.1, -0.05) is 30.3 Å². The maximum Gasteiger partial charge on any atom is 0.0108 e. The predicted molar refractivity (Wildman–Crippen MR) is 51.3 cm³/mol. The van der Waals surface area contributed by atoms with E-state index in [1.807, 2.05) is 0 Å². The molecule has 1 heterocycles. The highest BCUT2D eigenvalue weighted by atomic mass is 14.9. The lowest BCUT2D eigenvalue weighted by Gasteiger charge is -2.14. The zero-order chi connectivity index (χ0) is 8.39. The molecule has 2 rings (SSSR count). The van der Waals surface area contributed by atoms with Gasteiger partial charge in [-0.05, 0) is 25.5 Å². The van der Waals surface area contributed by atoms with Gasteiger partial charge in [0, 0.05) is 12.0 Å². The van der Waals surface area contributed by atoms with Crippen LogP contribution in [0.25, 0.3) is 0 Å². The fraction of sp³-hybridized carbons (Fsp3) is 0.455. The van der Waals surface area contributed by atoms with Gasteiger partial charge in [0.1, 0.15) is 0 Å². The molecule has 2 atom stereocenters. The zero-order valence-electron chi connectivity index (χ0n) is 7.46. The zero-order valence-corrected chi connectivity index (χ0v) is 7.46. The van der Waals surface area contributed by atoms with Crippen molar-refractivity contribution in [2.24, 2.45) is 0 Å². The van der Waals surface area contributed by atoms with Gasteiger partial charge in [-0.25, -0.2) is 0 Å². The van der Waals surface area contributed by atoms with E-state index in [0.29, 0.717) is 6.04 Å². The van der Waals surface area contributed by atoms with E-state index in [0.717, 1.165) is 5.92 Å². The van der Waals surface area contributed by atoms with Gasteiger partial charge in [0.05, 0.1) is 0 Å². The molecule has 0 radical (unpaired) electrons. The topological polar surface area (TPSA) is 12.0 Å². The fourth-order valence-corrected chi connectivity index (χ4v) is 2.01. The lowest BCUT2D eigenvalue weighted by Crippen LogP contribution is -2.21. The van der Waals surface area contributed by atoms with Crippen LogP contribution in [0.2, 0.25) is 0 Å². The summed E-state index contributed by atoms with van der Waals surface area (Å²) in [6.45, 7) is 3.44. The van der Waals surface area contributed by atoms with Crippen molar-refractivity contribution >= 4 is 0 Å². The van der Waals surface area contributed by atoms with Crippen molar-refractivity contribution in [1.82, 2.24) is 5.32 Å². The average Bonchev–Trinajstić information content (AvgIpc) is 2.53. The fourth-order valence-electron chi connectivity index (χ4n) is 2.01. The molecule has 1 aliphatic heterocycles. The average molecular weight is 161 g/mol. The summed E-state index contributed by atoms with van der Waals surface area (Å²) in [5.41, 5.74) is 1.48. The van der Waals surface area contributed by atoms with Crippen molar-refractivity contribution in [3.8, 4) is 0 Å². The van der Waals surface area contributed by atoms with Gasteiger partial charge < -0.3 is 5.32 Å². The summed E-state index contributed by atoms with van der Waals surface area (Å²) in [5, 5.41) is 3.47. The molecular weight excluding hydrogens is 146 g/mol. The summed E-state index contributed by atoms with van der Waals surface area (Å²) in [6.07, 6.45) is 1.28. The molecule has 1 N–H and O–H groups in total. The quantitative estimate of drug-likeness (QED) is 0.665. The maximum atomic E-state index is 3.47. The molecule has 0 aliphatic carbocycles. The Balaban J connectivity index is 2.19. The van der Waals surface area contributed by atoms with Crippen LogP contribution in [0.5, 0.6) is 0 Å². The van der Waals surface area contributed by atoms with Crippen molar-refractivity contribution in [3.63, 3.8) is 0 Å². The molecule has 1 heteroatoms. The minimum Gasteiger partial charge on any atom is -0.314 e. The van der Waals surface area contributed by atoms with Gasteiger partial charge in [0.2, 0.25) is 0 Å². The maximum absolute atomic E-state index is 3.47. The van der Waals surface area contributed by atoms with Crippen LogP contribution in [-0.2, 0) is 0 Å². The van der Waals surface area contributed by atoms with E-state index < -0.39 is 0 Å². The van der Waals surface area contributed by atoms with Gasteiger partial charge in [0.25, 0.3) is 0 Å². The Morgan fingerprint density at radius 1 is 1.25 bits per heavy atom. The van der Waals surface area contributed by atoms with Crippen molar-refractivity contribution in [3.05, 3.63) is 35.9 Å². The lowest BCUT2D eigenvalue weighted by atomic mass is 9.93. The molecule has 1 fully saturated rings. The van der Waals surface area contributed by atoms with E-state index in [2.05, 4.69) is 42.6 Å². The number of hydrogen-bond donors (Lipinski definition) is 1. The third-order valence-corrected chi connectivity index (χ3v) is 2.75. The van der Waals surface area contributed by atoms with Crippen LogP contribution in [0.3, 0.4) is 0 Å². The summed E-state index contributed by atoms with van der Waals surface area (Å²) in [4.78, 5) is 0. The molecule has 64 valence electrons. The van der Waals surface area contributed by atoms with Gasteiger partial charge >= 0.3 is 0 Å². The summed E-state index contributed by atoms with van der Waals surface area (Å²) in [5.74, 6) is 0.728. The minimum absolute atomic E-state index is 0.646. The highest BCUT2D eigenvalue weighted by Gasteiger charge is 2.23. The van der Waals surface area contributed by atoms with Crippen LogP contribution in [0, 0.1) is 0 Å². The molecule has 0 amide bonds. The summed E-state index contributed by atoms with van der Waals surface area (Å²) in [6, 6.07) is 11.4. The van der Waals surface area contributed by atoms with E-state index in [-0.39, 0.29) is 0 Å². The second kappa shape index (κ2) is 3.28. The Morgan fingerprint density at radius 3 is 2.58 bits per heavy atom. The van der Waals surface area contributed by atoms with E-state index >= 15 is 0 Å². The Hall–Kier alpha value is -0.820. The van der Waals surface area contributed by atoms with Gasteiger partial charge in [-0.2, -0.15) is 0 Å². The lowest BCUT2D eigenvalue weighted by molar-refractivity contribution is 0.594. The van der Waals surface area contributed by atoms with Crippen LogP contribution in [-0.4, -0.2) is 12.6 Å². The van der Waals surface area contributed by atoms with E-state index in [9.17, 15) is 0 Å². The first-order valence-corrected chi connectivity index (χ1v) is 4.66. The Morgan fingerprint density at radius 2 is 2.00 bits per heavy atom. The van der Waals surface area contributed by atoms with E-state index in [4.69, 9.17) is 0 Å². The third kappa shape index (κ3) is 1.37. The molecule has 0 bridgehead atoms. The van der Waals surface area contributed by atoms with Crippen LogP contribution >= 0.6 is 0 Å². The SMILES string of the molecule is C[C@@H]1NCC[C@H]1c1ccccc1. The summed E-state index contributed by atoms with van der Waals surface area (Å²) < 4.78 is 0. The van der Waals surface area contributed by atoms with Crippen molar-refractivity contribution in [1.29, 1.82) is 0 Å². The largest absolute Gasteiger partial charge is 0.314 e. The highest BCUT2D eigenvalue weighted by Crippen LogP contribution is 2.26. The smallest absolute Gasteiger partial charge is 0.0108 e. The Labute approximate surface area is 73.8 Å². The molecule has 1 aromatic rings. The molecular formula is C11H15N. The number of benzene rings is 1. The molecule has 1 aliphatic rings. The van der Waals surface area contributed by atoms with Crippen LogP contribution < -0.4 is 5.32 Å². The molecule has 0 aromatic heterocycles. The molecule has 12 heavy (non-hydrogen) atoms. The van der Waals surface area contributed by atoms with Gasteiger partial charge in [-0.15, -0.1) is 0 Å². The summed E-state index contributed by atoms with van der Waals surface area (Å²) in [7, 11) is 0. The number of rotatable bonds is 1. The Kier molecular flexibility index (Phi) is 2.13. The van der Waals surface area contributed by atoms with Crippen LogP contribution in [0.4, 0.5) is 0 Å². The first-order valence-electron chi connectivity index (χ1n) is 4.66.